The molecule has 2 atom stereocenters. The van der Waals surface area contributed by atoms with Gasteiger partial charge in [-0.2, -0.15) is 0 Å². The number of pyridine rings is 1. The summed E-state index contributed by atoms with van der Waals surface area (Å²) in [4.78, 5) is 14.0. The predicted octanol–water partition coefficient (Wildman–Crippen LogP) is 6.25. The fourth-order valence-electron chi connectivity index (χ4n) is 5.56. The molecule has 0 bridgehead atoms. The summed E-state index contributed by atoms with van der Waals surface area (Å²) in [6, 6.07) is 8.46. The highest BCUT2D eigenvalue weighted by molar-refractivity contribution is 5.98. The molecule has 6 nitrogen and oxygen atoms in total. The van der Waals surface area contributed by atoms with E-state index in [2.05, 4.69) is 48.1 Å². The van der Waals surface area contributed by atoms with Crippen molar-refractivity contribution >= 4 is 16.7 Å². The van der Waals surface area contributed by atoms with E-state index in [1.54, 1.807) is 0 Å². The molecule has 2 unspecified atom stereocenters. The third kappa shape index (κ3) is 5.81. The lowest BCUT2D eigenvalue weighted by molar-refractivity contribution is -0.195. The van der Waals surface area contributed by atoms with E-state index in [1.807, 2.05) is 12.4 Å². The molecule has 2 aliphatic rings. The highest BCUT2D eigenvalue weighted by atomic mass is 16.7. The van der Waals surface area contributed by atoms with Gasteiger partial charge >= 0.3 is 0 Å². The third-order valence-electron chi connectivity index (χ3n) is 7.89. The van der Waals surface area contributed by atoms with Crippen molar-refractivity contribution in [2.24, 2.45) is 11.8 Å². The van der Waals surface area contributed by atoms with E-state index in [-0.39, 0.29) is 6.29 Å². The number of fused-ring (bicyclic) bond motifs is 1. The summed E-state index contributed by atoms with van der Waals surface area (Å²) in [6.45, 7) is 5.33. The fraction of sp³-hybridized carbons (Fsp3) is 0.552. The van der Waals surface area contributed by atoms with Gasteiger partial charge in [0, 0.05) is 31.0 Å². The maximum Gasteiger partial charge on any atom is 0.157 e. The number of rotatable bonds is 7. The molecule has 0 radical (unpaired) electrons. The largest absolute Gasteiger partial charge is 0.383 e. The van der Waals surface area contributed by atoms with Crippen molar-refractivity contribution in [1.29, 1.82) is 0 Å². The topological polar surface area (TPSA) is 83.2 Å². The highest BCUT2D eigenvalue weighted by Crippen LogP contribution is 2.35. The van der Waals surface area contributed by atoms with Gasteiger partial charge in [0.05, 0.1) is 17.0 Å². The Hall–Kier alpha value is -2.57. The van der Waals surface area contributed by atoms with Crippen LogP contribution in [0.4, 0.5) is 5.82 Å². The number of nitrogens with zero attached hydrogens (tertiary/aromatic N) is 3. The molecule has 0 amide bonds. The molecule has 2 aromatic heterocycles. The second-order valence-corrected chi connectivity index (χ2v) is 10.5. The van der Waals surface area contributed by atoms with Gasteiger partial charge in [-0.05, 0) is 75.7 Å². The molecule has 35 heavy (non-hydrogen) atoms. The summed E-state index contributed by atoms with van der Waals surface area (Å²) in [6.07, 6.45) is 14.2. The zero-order valence-electron chi connectivity index (χ0n) is 21.1. The zero-order valence-corrected chi connectivity index (χ0v) is 21.1. The molecule has 3 heterocycles. The van der Waals surface area contributed by atoms with Gasteiger partial charge in [-0.1, -0.05) is 36.8 Å². The van der Waals surface area contributed by atoms with E-state index in [9.17, 15) is 0 Å². The Bertz CT molecular complexity index is 1120. The minimum atomic E-state index is 0.0295. The van der Waals surface area contributed by atoms with Crippen LogP contribution < -0.4 is 5.73 Å². The standard InChI is InChI=1S/C29H38N4O2/c1-19-6-9-22(10-7-19)24-17-32-29(30)25-18-31-26(33-28(24)25)15-8-20(2)21-11-13-23(14-12-21)35-27-5-3-4-16-34-27/h6-7,9-10,17-18,20-21,23,27H,3-5,8,11-16H2,1-2H3,(H2,30,32). The first-order valence-corrected chi connectivity index (χ1v) is 13.3. The molecule has 1 aliphatic carbocycles. The van der Waals surface area contributed by atoms with Crippen LogP contribution in [0.15, 0.2) is 36.7 Å². The van der Waals surface area contributed by atoms with Crippen molar-refractivity contribution < 1.29 is 9.47 Å². The molecule has 1 saturated heterocycles. The van der Waals surface area contributed by atoms with E-state index < -0.39 is 0 Å². The van der Waals surface area contributed by atoms with Gasteiger partial charge in [0.15, 0.2) is 6.29 Å². The fourth-order valence-corrected chi connectivity index (χ4v) is 5.56. The monoisotopic (exact) mass is 474 g/mol. The lowest BCUT2D eigenvalue weighted by Gasteiger charge is -2.35. The molecule has 1 aromatic carbocycles. The van der Waals surface area contributed by atoms with Crippen LogP contribution in [0.3, 0.4) is 0 Å². The molecule has 186 valence electrons. The predicted molar refractivity (Wildman–Crippen MR) is 140 cm³/mol. The molecular formula is C29H38N4O2. The van der Waals surface area contributed by atoms with Crippen LogP contribution in [0.25, 0.3) is 22.0 Å². The van der Waals surface area contributed by atoms with Crippen LogP contribution in [0.5, 0.6) is 0 Å². The van der Waals surface area contributed by atoms with Gasteiger partial charge < -0.3 is 15.2 Å². The Morgan fingerprint density at radius 3 is 2.57 bits per heavy atom. The Kier molecular flexibility index (Phi) is 7.59. The second-order valence-electron chi connectivity index (χ2n) is 10.5. The highest BCUT2D eigenvalue weighted by Gasteiger charge is 2.28. The molecule has 1 saturated carbocycles. The number of nitrogen functional groups attached to an aromatic ring is 1. The summed E-state index contributed by atoms with van der Waals surface area (Å²) in [7, 11) is 0. The van der Waals surface area contributed by atoms with E-state index in [4.69, 9.17) is 20.2 Å². The zero-order chi connectivity index (χ0) is 24.2. The first-order valence-electron chi connectivity index (χ1n) is 13.3. The molecular weight excluding hydrogens is 436 g/mol. The van der Waals surface area contributed by atoms with Crippen LogP contribution in [0.2, 0.25) is 0 Å². The molecule has 2 fully saturated rings. The van der Waals surface area contributed by atoms with Crippen molar-refractivity contribution in [2.45, 2.75) is 84.0 Å². The minimum absolute atomic E-state index is 0.0295. The average molecular weight is 475 g/mol. The van der Waals surface area contributed by atoms with Crippen LogP contribution in [0.1, 0.15) is 69.7 Å². The van der Waals surface area contributed by atoms with Crippen molar-refractivity contribution in [2.75, 3.05) is 12.3 Å². The number of hydrogen-bond acceptors (Lipinski definition) is 6. The summed E-state index contributed by atoms with van der Waals surface area (Å²) in [5, 5.41) is 0.820. The summed E-state index contributed by atoms with van der Waals surface area (Å²) >= 11 is 0. The molecule has 0 spiro atoms. The summed E-state index contributed by atoms with van der Waals surface area (Å²) < 4.78 is 12.0. The van der Waals surface area contributed by atoms with Gasteiger partial charge in [-0.15, -0.1) is 0 Å². The Labute approximate surface area is 208 Å². The lowest BCUT2D eigenvalue weighted by Crippen LogP contribution is -2.31. The van der Waals surface area contributed by atoms with Gasteiger partial charge in [-0.3, -0.25) is 0 Å². The van der Waals surface area contributed by atoms with Crippen LogP contribution in [0, 0.1) is 18.8 Å². The van der Waals surface area contributed by atoms with Crippen molar-refractivity contribution in [3.8, 4) is 11.1 Å². The maximum absolute atomic E-state index is 6.24. The van der Waals surface area contributed by atoms with Crippen LogP contribution in [-0.4, -0.2) is 34.0 Å². The number of benzene rings is 1. The number of hydrogen-bond donors (Lipinski definition) is 1. The second kappa shape index (κ2) is 11.0. The van der Waals surface area contributed by atoms with E-state index in [1.165, 1.54) is 31.2 Å². The van der Waals surface area contributed by atoms with Gasteiger partial charge in [0.25, 0.3) is 0 Å². The number of ether oxygens (including phenoxy) is 2. The Morgan fingerprint density at radius 1 is 1.03 bits per heavy atom. The quantitative estimate of drug-likeness (QED) is 0.435. The lowest BCUT2D eigenvalue weighted by atomic mass is 9.78. The van der Waals surface area contributed by atoms with Gasteiger partial charge in [-0.25, -0.2) is 15.0 Å². The first kappa shape index (κ1) is 24.1. The first-order chi connectivity index (χ1) is 17.1. The normalized spacial score (nSPS) is 23.9. The molecule has 3 aromatic rings. The van der Waals surface area contributed by atoms with Crippen molar-refractivity contribution in [3.05, 3.63) is 48.0 Å². The van der Waals surface area contributed by atoms with Crippen LogP contribution in [-0.2, 0) is 15.9 Å². The SMILES string of the molecule is Cc1ccc(-c2cnc(N)c3cnc(CCC(C)C4CCC(OC5CCCCO5)CC4)nc23)cc1. The maximum atomic E-state index is 6.24. The Balaban J connectivity index is 1.20. The summed E-state index contributed by atoms with van der Waals surface area (Å²) in [5.74, 6) is 2.74. The number of anilines is 1. The van der Waals surface area contributed by atoms with E-state index in [0.717, 1.165) is 72.5 Å². The number of aryl methyl sites for hydroxylation is 2. The van der Waals surface area contributed by atoms with Crippen LogP contribution >= 0.6 is 0 Å². The molecule has 1 aliphatic heterocycles. The van der Waals surface area contributed by atoms with Gasteiger partial charge in [0.1, 0.15) is 11.6 Å². The van der Waals surface area contributed by atoms with E-state index >= 15 is 0 Å². The van der Waals surface area contributed by atoms with E-state index in [0.29, 0.717) is 17.8 Å². The van der Waals surface area contributed by atoms with Crippen molar-refractivity contribution in [1.82, 2.24) is 15.0 Å². The number of nitrogens with two attached hydrogens (primary N) is 1. The summed E-state index contributed by atoms with van der Waals surface area (Å²) in [5.41, 5.74) is 10.4. The number of aromatic nitrogens is 3. The molecule has 2 N–H and O–H groups in total. The molecule has 5 rings (SSSR count). The third-order valence-corrected chi connectivity index (χ3v) is 7.89. The average Bonchev–Trinajstić information content (AvgIpc) is 2.89. The van der Waals surface area contributed by atoms with Crippen molar-refractivity contribution in [3.63, 3.8) is 0 Å². The van der Waals surface area contributed by atoms with Gasteiger partial charge in [0.2, 0.25) is 0 Å². The minimum Gasteiger partial charge on any atom is -0.383 e. The Morgan fingerprint density at radius 2 is 1.83 bits per heavy atom. The molecule has 6 heteroatoms. The smallest absolute Gasteiger partial charge is 0.157 e.